The number of fused-ring (bicyclic) bond motifs is 1. The van der Waals surface area contributed by atoms with Crippen LogP contribution in [0.15, 0.2) is 12.3 Å². The molecule has 124 valence electrons. The molecule has 0 atom stereocenters. The number of aromatic amines is 1. The van der Waals surface area contributed by atoms with E-state index in [9.17, 15) is 14.0 Å². The molecule has 0 radical (unpaired) electrons. The maximum absolute atomic E-state index is 13.4. The topological polar surface area (TPSA) is 84.1 Å². The number of anilines is 1. The first-order valence-electron chi connectivity index (χ1n) is 7.47. The van der Waals surface area contributed by atoms with Gasteiger partial charge < -0.3 is 15.0 Å². The van der Waals surface area contributed by atoms with Crippen molar-refractivity contribution in [2.45, 2.75) is 20.8 Å². The number of aryl methyl sites for hydroxylation is 1. The lowest BCUT2D eigenvalue weighted by atomic mass is 10.1. The third-order valence-corrected chi connectivity index (χ3v) is 3.87. The molecule has 2 aromatic rings. The van der Waals surface area contributed by atoms with Crippen molar-refractivity contribution in [3.63, 3.8) is 0 Å². The Kier molecular flexibility index (Phi) is 3.92. The molecule has 0 aliphatic carbocycles. The number of nitrogens with zero attached hydrogens (tertiary/aromatic N) is 1. The number of amides is 1. The smallest absolute Gasteiger partial charge is 0.340 e. The molecule has 0 saturated carbocycles. The van der Waals surface area contributed by atoms with E-state index in [1.54, 1.807) is 26.8 Å². The average molecular weight is 329 g/mol. The molecule has 1 aliphatic rings. The zero-order chi connectivity index (χ0) is 17.4. The number of halogens is 1. The molecule has 1 aliphatic heterocycles. The highest BCUT2D eigenvalue weighted by molar-refractivity contribution is 6.34. The lowest BCUT2D eigenvalue weighted by Crippen LogP contribution is -2.06. The molecular weight excluding hydrogens is 313 g/mol. The molecule has 0 saturated heterocycles. The molecule has 2 aromatic heterocycles. The molecule has 6 nitrogen and oxygen atoms in total. The second kappa shape index (κ2) is 5.92. The van der Waals surface area contributed by atoms with Crippen LogP contribution in [-0.4, -0.2) is 28.5 Å². The van der Waals surface area contributed by atoms with Gasteiger partial charge in [-0.3, -0.25) is 4.79 Å². The van der Waals surface area contributed by atoms with Crippen LogP contribution in [0.4, 0.5) is 10.2 Å². The van der Waals surface area contributed by atoms with Crippen LogP contribution < -0.4 is 5.32 Å². The van der Waals surface area contributed by atoms with Crippen molar-refractivity contribution in [2.75, 3.05) is 11.9 Å². The van der Waals surface area contributed by atoms with E-state index in [0.717, 1.165) is 6.20 Å². The highest BCUT2D eigenvalue weighted by Gasteiger charge is 2.27. The number of carbonyl (C=O) groups is 2. The minimum atomic E-state index is -0.525. The number of hydrogen-bond acceptors (Lipinski definition) is 4. The van der Waals surface area contributed by atoms with Gasteiger partial charge in [0.25, 0.3) is 5.91 Å². The van der Waals surface area contributed by atoms with E-state index in [0.29, 0.717) is 33.9 Å². The molecule has 2 N–H and O–H groups in total. The summed E-state index contributed by atoms with van der Waals surface area (Å²) in [7, 11) is 0. The van der Waals surface area contributed by atoms with E-state index < -0.39 is 11.8 Å². The van der Waals surface area contributed by atoms with Crippen LogP contribution in [0.1, 0.15) is 39.8 Å². The van der Waals surface area contributed by atoms with Crippen molar-refractivity contribution in [3.8, 4) is 0 Å². The quantitative estimate of drug-likeness (QED) is 0.670. The van der Waals surface area contributed by atoms with Crippen LogP contribution in [0.2, 0.25) is 0 Å². The maximum atomic E-state index is 13.4. The van der Waals surface area contributed by atoms with E-state index in [4.69, 9.17) is 4.74 Å². The SMILES string of the molecule is CCOC(=O)c1c(C)[nH]c(/C=C2\C(=O)Nc3ncc(F)cc32)c1C. The summed E-state index contributed by atoms with van der Waals surface area (Å²) in [6.45, 7) is 5.53. The van der Waals surface area contributed by atoms with Crippen LogP contribution >= 0.6 is 0 Å². The molecule has 0 spiro atoms. The zero-order valence-corrected chi connectivity index (χ0v) is 13.5. The fraction of sp³-hybridized carbons (Fsp3) is 0.235. The van der Waals surface area contributed by atoms with Gasteiger partial charge in [0, 0.05) is 17.0 Å². The molecule has 1 amide bonds. The van der Waals surface area contributed by atoms with Crippen LogP contribution in [0, 0.1) is 19.7 Å². The largest absolute Gasteiger partial charge is 0.462 e. The second-order valence-electron chi connectivity index (χ2n) is 5.45. The first kappa shape index (κ1) is 15.9. The summed E-state index contributed by atoms with van der Waals surface area (Å²) >= 11 is 0. The maximum Gasteiger partial charge on any atom is 0.340 e. The Bertz CT molecular complexity index is 883. The van der Waals surface area contributed by atoms with Gasteiger partial charge in [0.1, 0.15) is 11.6 Å². The second-order valence-corrected chi connectivity index (χ2v) is 5.45. The van der Waals surface area contributed by atoms with Gasteiger partial charge in [-0.1, -0.05) is 0 Å². The highest BCUT2D eigenvalue weighted by atomic mass is 19.1. The minimum Gasteiger partial charge on any atom is -0.462 e. The van der Waals surface area contributed by atoms with Crippen LogP contribution in [0.25, 0.3) is 11.6 Å². The number of aromatic nitrogens is 2. The minimum absolute atomic E-state index is 0.278. The third-order valence-electron chi connectivity index (χ3n) is 3.87. The van der Waals surface area contributed by atoms with Gasteiger partial charge in [0.15, 0.2) is 0 Å². The van der Waals surface area contributed by atoms with Crippen LogP contribution in [0.5, 0.6) is 0 Å². The van der Waals surface area contributed by atoms with Gasteiger partial charge in [-0.05, 0) is 38.5 Å². The van der Waals surface area contributed by atoms with Gasteiger partial charge in [0.2, 0.25) is 0 Å². The zero-order valence-electron chi connectivity index (χ0n) is 13.5. The molecule has 0 fully saturated rings. The van der Waals surface area contributed by atoms with Gasteiger partial charge in [-0.2, -0.15) is 0 Å². The first-order chi connectivity index (χ1) is 11.4. The Morgan fingerprint density at radius 2 is 2.17 bits per heavy atom. The Morgan fingerprint density at radius 3 is 2.88 bits per heavy atom. The van der Waals surface area contributed by atoms with Crippen molar-refractivity contribution in [1.29, 1.82) is 0 Å². The van der Waals surface area contributed by atoms with Crippen LogP contribution in [-0.2, 0) is 9.53 Å². The summed E-state index contributed by atoms with van der Waals surface area (Å²) < 4.78 is 18.5. The standard InChI is InChI=1S/C17H16FN3O3/c1-4-24-17(23)14-8(2)13(20-9(14)3)6-12-11-5-10(18)7-19-15(11)21-16(12)22/h5-7,20H,4H2,1-3H3,(H,19,21,22)/b12-6-. The van der Waals surface area contributed by atoms with Crippen LogP contribution in [0.3, 0.4) is 0 Å². The predicted octanol–water partition coefficient (Wildman–Crippen LogP) is 2.84. The molecule has 0 bridgehead atoms. The third kappa shape index (κ3) is 2.58. The van der Waals surface area contributed by atoms with E-state index in [2.05, 4.69) is 15.3 Å². The normalized spacial score (nSPS) is 14.7. The monoisotopic (exact) mass is 329 g/mol. The van der Waals surface area contributed by atoms with Crippen molar-refractivity contribution in [2.24, 2.45) is 0 Å². The van der Waals surface area contributed by atoms with E-state index >= 15 is 0 Å². The summed E-state index contributed by atoms with van der Waals surface area (Å²) in [5, 5.41) is 2.59. The lowest BCUT2D eigenvalue weighted by molar-refractivity contribution is -0.110. The molecule has 7 heteroatoms. The Balaban J connectivity index is 2.08. The number of rotatable bonds is 3. The molecule has 3 heterocycles. The summed E-state index contributed by atoms with van der Waals surface area (Å²) in [6.07, 6.45) is 2.64. The van der Waals surface area contributed by atoms with Gasteiger partial charge >= 0.3 is 5.97 Å². The van der Waals surface area contributed by atoms with Crippen molar-refractivity contribution in [3.05, 3.63) is 46.2 Å². The average Bonchev–Trinajstić information content (AvgIpc) is 2.97. The van der Waals surface area contributed by atoms with Gasteiger partial charge in [-0.25, -0.2) is 14.2 Å². The Labute approximate surface area is 137 Å². The fourth-order valence-corrected chi connectivity index (χ4v) is 2.76. The van der Waals surface area contributed by atoms with E-state index in [1.165, 1.54) is 6.07 Å². The van der Waals surface area contributed by atoms with E-state index in [-0.39, 0.29) is 18.1 Å². The molecular formula is C17H16FN3O3. The number of carbonyl (C=O) groups excluding carboxylic acids is 2. The lowest BCUT2D eigenvalue weighted by Gasteiger charge is -2.02. The fourth-order valence-electron chi connectivity index (χ4n) is 2.76. The Morgan fingerprint density at radius 1 is 1.42 bits per heavy atom. The van der Waals surface area contributed by atoms with Gasteiger partial charge in [-0.15, -0.1) is 0 Å². The van der Waals surface area contributed by atoms with Gasteiger partial charge in [0.05, 0.1) is 23.9 Å². The van der Waals surface area contributed by atoms with Crippen molar-refractivity contribution in [1.82, 2.24) is 9.97 Å². The first-order valence-corrected chi connectivity index (χ1v) is 7.47. The molecule has 0 unspecified atom stereocenters. The molecule has 3 rings (SSSR count). The number of esters is 1. The molecule has 0 aromatic carbocycles. The van der Waals surface area contributed by atoms with Crippen molar-refractivity contribution < 1.29 is 18.7 Å². The highest BCUT2D eigenvalue weighted by Crippen LogP contribution is 2.32. The number of nitrogens with one attached hydrogen (secondary N) is 2. The van der Waals surface area contributed by atoms with E-state index in [1.807, 2.05) is 0 Å². The Hall–Kier alpha value is -2.96. The number of ether oxygens (including phenoxy) is 1. The number of H-pyrrole nitrogens is 1. The van der Waals surface area contributed by atoms with Crippen molar-refractivity contribution >= 4 is 29.3 Å². The molecule has 24 heavy (non-hydrogen) atoms. The summed E-state index contributed by atoms with van der Waals surface area (Å²) in [6, 6.07) is 1.25. The summed E-state index contributed by atoms with van der Waals surface area (Å²) in [5.41, 5.74) is 3.04. The predicted molar refractivity (Wildman–Crippen MR) is 86.9 cm³/mol. The number of pyridine rings is 1. The summed E-state index contributed by atoms with van der Waals surface area (Å²) in [4.78, 5) is 31.1. The summed E-state index contributed by atoms with van der Waals surface area (Å²) in [5.74, 6) is -0.994. The number of hydrogen-bond donors (Lipinski definition) is 2.